The minimum atomic E-state index is -0.734. The predicted octanol–water partition coefficient (Wildman–Crippen LogP) is 5.96. The molecule has 0 radical (unpaired) electrons. The van der Waals surface area contributed by atoms with E-state index >= 15 is 0 Å². The number of fused-ring (bicyclic) bond motifs is 1. The zero-order valence-electron chi connectivity index (χ0n) is 21.1. The van der Waals surface area contributed by atoms with Crippen molar-refractivity contribution in [3.05, 3.63) is 125 Å². The minimum Gasteiger partial charge on any atom is -0.497 e. The fourth-order valence-corrected chi connectivity index (χ4v) is 4.97. The van der Waals surface area contributed by atoms with Crippen molar-refractivity contribution in [2.45, 2.75) is 18.5 Å². The molecule has 0 saturated carbocycles. The van der Waals surface area contributed by atoms with Gasteiger partial charge in [0.15, 0.2) is 0 Å². The Hall–Kier alpha value is -4.65. The number of nitrogens with zero attached hydrogens (tertiary/aromatic N) is 1. The second-order valence-corrected chi connectivity index (χ2v) is 9.03. The van der Waals surface area contributed by atoms with Gasteiger partial charge in [0.1, 0.15) is 17.3 Å². The van der Waals surface area contributed by atoms with Crippen LogP contribution in [-0.2, 0) is 11.3 Å². The Kier molecular flexibility index (Phi) is 7.09. The summed E-state index contributed by atoms with van der Waals surface area (Å²) >= 11 is 0. The van der Waals surface area contributed by atoms with Gasteiger partial charge in [-0.2, -0.15) is 0 Å². The molecule has 4 aromatic rings. The predicted molar refractivity (Wildman–Crippen MR) is 143 cm³/mol. The molecule has 0 aliphatic carbocycles. The molecule has 1 aliphatic heterocycles. The lowest BCUT2D eigenvalue weighted by atomic mass is 9.79. The summed E-state index contributed by atoms with van der Waals surface area (Å²) < 4.78 is 24.4. The molecule has 2 amide bonds. The number of hydrogen-bond donors (Lipinski definition) is 1. The van der Waals surface area contributed by atoms with E-state index < -0.39 is 12.0 Å². The van der Waals surface area contributed by atoms with Gasteiger partial charge in [-0.1, -0.05) is 54.6 Å². The lowest BCUT2D eigenvalue weighted by molar-refractivity contribution is -0.119. The van der Waals surface area contributed by atoms with Crippen LogP contribution in [0.5, 0.6) is 11.5 Å². The first-order valence-corrected chi connectivity index (χ1v) is 12.2. The average Bonchev–Trinajstić information content (AvgIpc) is 2.95. The molecule has 0 saturated heterocycles. The molecule has 5 rings (SSSR count). The van der Waals surface area contributed by atoms with Crippen LogP contribution in [0.4, 0.5) is 10.1 Å². The zero-order valence-corrected chi connectivity index (χ0v) is 21.1. The largest absolute Gasteiger partial charge is 0.497 e. The van der Waals surface area contributed by atoms with Gasteiger partial charge in [0, 0.05) is 12.1 Å². The third-order valence-corrected chi connectivity index (χ3v) is 6.81. The molecule has 38 heavy (non-hydrogen) atoms. The van der Waals surface area contributed by atoms with E-state index in [1.54, 1.807) is 55.5 Å². The summed E-state index contributed by atoms with van der Waals surface area (Å²) in [5.74, 6) is -0.375. The van der Waals surface area contributed by atoms with E-state index in [1.807, 2.05) is 48.5 Å². The second kappa shape index (κ2) is 10.8. The van der Waals surface area contributed by atoms with E-state index in [0.29, 0.717) is 28.3 Å². The normalized spacial score (nSPS) is 16.5. The summed E-state index contributed by atoms with van der Waals surface area (Å²) in [7, 11) is 3.13. The highest BCUT2D eigenvalue weighted by Gasteiger charge is 2.44. The lowest BCUT2D eigenvalue weighted by Crippen LogP contribution is -2.45. The lowest BCUT2D eigenvalue weighted by Gasteiger charge is -2.42. The first-order chi connectivity index (χ1) is 18.5. The van der Waals surface area contributed by atoms with Crippen LogP contribution in [0.3, 0.4) is 0 Å². The van der Waals surface area contributed by atoms with Crippen molar-refractivity contribution in [3.8, 4) is 11.5 Å². The summed E-state index contributed by atoms with van der Waals surface area (Å²) in [5, 5.41) is 3.02. The standard InChI is InChI=1S/C31H27FN2O4/c1-37-23-17-13-21(14-18-23)29-28(30(35)33-26-9-5-6-10-27(26)38-2)24-7-3-4-8-25(24)31(36)34(29)19-20-11-15-22(32)16-12-20/h3-18,28-29H,19H2,1-2H3,(H,33,35)/t28-,29+/m1/s1. The van der Waals surface area contributed by atoms with Gasteiger partial charge in [0.05, 0.1) is 31.9 Å². The number of para-hydroxylation sites is 2. The number of hydrogen-bond acceptors (Lipinski definition) is 4. The molecule has 1 aliphatic rings. The number of anilines is 1. The van der Waals surface area contributed by atoms with Gasteiger partial charge in [-0.15, -0.1) is 0 Å². The van der Waals surface area contributed by atoms with Gasteiger partial charge in [-0.05, 0) is 59.2 Å². The third-order valence-electron chi connectivity index (χ3n) is 6.81. The number of ether oxygens (including phenoxy) is 2. The number of carbonyl (C=O) groups is 2. The monoisotopic (exact) mass is 510 g/mol. The van der Waals surface area contributed by atoms with Crippen molar-refractivity contribution >= 4 is 17.5 Å². The summed E-state index contributed by atoms with van der Waals surface area (Å²) in [6, 6.07) is 27.1. The molecular formula is C31H27FN2O4. The molecule has 0 fully saturated rings. The van der Waals surface area contributed by atoms with Gasteiger partial charge >= 0.3 is 0 Å². The Morgan fingerprint density at radius 1 is 0.868 bits per heavy atom. The SMILES string of the molecule is COc1ccc([C@H]2[C@H](C(=O)Nc3ccccc3OC)c3ccccc3C(=O)N2Cc2ccc(F)cc2)cc1. The van der Waals surface area contributed by atoms with Crippen LogP contribution in [0.15, 0.2) is 97.1 Å². The molecule has 7 heteroatoms. The fraction of sp³-hybridized carbons (Fsp3) is 0.161. The number of carbonyl (C=O) groups excluding carboxylic acids is 2. The number of methoxy groups -OCH3 is 2. The summed E-state index contributed by atoms with van der Waals surface area (Å²) in [5.41, 5.74) is 3.16. The van der Waals surface area contributed by atoms with Gasteiger partial charge < -0.3 is 19.7 Å². The molecular weight excluding hydrogens is 483 g/mol. The molecule has 1 heterocycles. The fourth-order valence-electron chi connectivity index (χ4n) is 4.97. The maximum absolute atomic E-state index is 14.1. The van der Waals surface area contributed by atoms with E-state index in [2.05, 4.69) is 5.32 Å². The van der Waals surface area contributed by atoms with Gasteiger partial charge in [-0.3, -0.25) is 9.59 Å². The van der Waals surface area contributed by atoms with Crippen molar-refractivity contribution in [1.82, 2.24) is 4.90 Å². The van der Waals surface area contributed by atoms with E-state index in [-0.39, 0.29) is 24.2 Å². The van der Waals surface area contributed by atoms with Crippen molar-refractivity contribution in [1.29, 1.82) is 0 Å². The van der Waals surface area contributed by atoms with E-state index in [9.17, 15) is 14.0 Å². The quantitative estimate of drug-likeness (QED) is 0.333. The Morgan fingerprint density at radius 3 is 2.26 bits per heavy atom. The molecule has 0 aromatic heterocycles. The first kappa shape index (κ1) is 25.0. The van der Waals surface area contributed by atoms with E-state index in [4.69, 9.17) is 9.47 Å². The summed E-state index contributed by atoms with van der Waals surface area (Å²) in [4.78, 5) is 29.7. The number of halogens is 1. The number of amides is 2. The maximum atomic E-state index is 14.1. The van der Waals surface area contributed by atoms with Crippen molar-refractivity contribution < 1.29 is 23.5 Å². The van der Waals surface area contributed by atoms with Gasteiger partial charge in [0.2, 0.25) is 5.91 Å². The van der Waals surface area contributed by atoms with Crippen LogP contribution in [0.1, 0.15) is 39.0 Å². The number of rotatable bonds is 7. The number of nitrogens with one attached hydrogen (secondary N) is 1. The molecule has 6 nitrogen and oxygen atoms in total. The Bertz CT molecular complexity index is 1450. The zero-order chi connectivity index (χ0) is 26.6. The van der Waals surface area contributed by atoms with Crippen molar-refractivity contribution in [2.75, 3.05) is 19.5 Å². The Morgan fingerprint density at radius 2 is 1.55 bits per heavy atom. The average molecular weight is 511 g/mol. The maximum Gasteiger partial charge on any atom is 0.255 e. The summed E-state index contributed by atoms with van der Waals surface area (Å²) in [6.07, 6.45) is 0. The Labute approximate surface area is 220 Å². The van der Waals surface area contributed by atoms with E-state index in [0.717, 1.165) is 11.1 Å². The summed E-state index contributed by atoms with van der Waals surface area (Å²) in [6.45, 7) is 0.197. The molecule has 0 unspecified atom stereocenters. The molecule has 0 spiro atoms. The minimum absolute atomic E-state index is 0.197. The third kappa shape index (κ3) is 4.83. The highest BCUT2D eigenvalue weighted by Crippen LogP contribution is 2.44. The van der Waals surface area contributed by atoms with Crippen LogP contribution in [0.25, 0.3) is 0 Å². The van der Waals surface area contributed by atoms with E-state index in [1.165, 1.54) is 12.1 Å². The smallest absolute Gasteiger partial charge is 0.255 e. The molecule has 0 bridgehead atoms. The van der Waals surface area contributed by atoms with Gasteiger partial charge in [0.25, 0.3) is 5.91 Å². The number of benzene rings is 4. The van der Waals surface area contributed by atoms with Gasteiger partial charge in [-0.25, -0.2) is 4.39 Å². The molecule has 192 valence electrons. The molecule has 1 N–H and O–H groups in total. The van der Waals surface area contributed by atoms with Crippen LogP contribution < -0.4 is 14.8 Å². The van der Waals surface area contributed by atoms with Crippen LogP contribution in [-0.4, -0.2) is 30.9 Å². The highest BCUT2D eigenvalue weighted by atomic mass is 19.1. The van der Waals surface area contributed by atoms with Crippen LogP contribution >= 0.6 is 0 Å². The first-order valence-electron chi connectivity index (χ1n) is 12.2. The molecule has 4 aromatic carbocycles. The van der Waals surface area contributed by atoms with Crippen LogP contribution in [0.2, 0.25) is 0 Å². The van der Waals surface area contributed by atoms with Crippen LogP contribution in [0, 0.1) is 5.82 Å². The van der Waals surface area contributed by atoms with Crippen molar-refractivity contribution in [2.24, 2.45) is 0 Å². The Balaban J connectivity index is 1.64. The highest BCUT2D eigenvalue weighted by molar-refractivity contribution is 6.04. The topological polar surface area (TPSA) is 67.9 Å². The molecule has 2 atom stereocenters. The van der Waals surface area contributed by atoms with Crippen molar-refractivity contribution in [3.63, 3.8) is 0 Å². The second-order valence-electron chi connectivity index (χ2n) is 9.03.